The van der Waals surface area contributed by atoms with E-state index >= 15 is 4.39 Å². The Balaban J connectivity index is 1.73. The van der Waals surface area contributed by atoms with Crippen molar-refractivity contribution in [1.82, 2.24) is 0 Å². The topological polar surface area (TPSA) is 99.1 Å². The van der Waals surface area contributed by atoms with Gasteiger partial charge in [0.15, 0.2) is 17.5 Å². The molecule has 8 atom stereocenters. The predicted octanol–water partition coefficient (Wildman–Crippen LogP) is 5.42. The lowest BCUT2D eigenvalue weighted by Gasteiger charge is -2.62. The SMILES string of the molecule is CCCCCOC(=O)O[C@]1(C(=O)OCCl)[C@H](C)C[C@H]2[C@@H]3CCC4=CC(=O)C=C[C@]4(C)[C@@]3(F)[C@@H](O)C[C@@]21C. The van der Waals surface area contributed by atoms with Crippen LogP contribution in [0.2, 0.25) is 0 Å². The van der Waals surface area contributed by atoms with Gasteiger partial charge >= 0.3 is 12.1 Å². The first-order chi connectivity index (χ1) is 17.4. The van der Waals surface area contributed by atoms with Crippen molar-refractivity contribution in [3.05, 3.63) is 23.8 Å². The summed E-state index contributed by atoms with van der Waals surface area (Å²) in [5.41, 5.74) is -5.48. The first-order valence-electron chi connectivity index (χ1n) is 13.3. The van der Waals surface area contributed by atoms with Crippen molar-refractivity contribution < 1.29 is 38.1 Å². The normalized spacial score (nSPS) is 42.2. The number of carbonyl (C=O) groups excluding carboxylic acids is 3. The number of ketones is 1. The van der Waals surface area contributed by atoms with Gasteiger partial charge in [-0.05, 0) is 57.1 Å². The fourth-order valence-corrected chi connectivity index (χ4v) is 8.15. The highest BCUT2D eigenvalue weighted by Crippen LogP contribution is 2.71. The Morgan fingerprint density at radius 2 is 1.95 bits per heavy atom. The Morgan fingerprint density at radius 1 is 1.22 bits per heavy atom. The number of esters is 1. The highest BCUT2D eigenvalue weighted by atomic mass is 35.5. The van der Waals surface area contributed by atoms with Crippen LogP contribution in [0, 0.1) is 28.6 Å². The van der Waals surface area contributed by atoms with Crippen LogP contribution in [0.25, 0.3) is 0 Å². The number of carbonyl (C=O) groups is 3. The maximum Gasteiger partial charge on any atom is 0.509 e. The van der Waals surface area contributed by atoms with Crippen LogP contribution in [-0.4, -0.2) is 53.1 Å². The second kappa shape index (κ2) is 9.99. The molecule has 0 spiro atoms. The zero-order chi connectivity index (χ0) is 27.2. The molecule has 1 N–H and O–H groups in total. The summed E-state index contributed by atoms with van der Waals surface area (Å²) in [7, 11) is 0. The molecular formula is C28H38ClFO7. The number of allylic oxidation sites excluding steroid dienone is 4. The molecule has 7 nitrogen and oxygen atoms in total. The van der Waals surface area contributed by atoms with E-state index in [2.05, 4.69) is 0 Å². The van der Waals surface area contributed by atoms with Crippen molar-refractivity contribution in [2.75, 3.05) is 12.7 Å². The van der Waals surface area contributed by atoms with Crippen molar-refractivity contribution in [2.24, 2.45) is 28.6 Å². The molecule has 0 radical (unpaired) electrons. The summed E-state index contributed by atoms with van der Waals surface area (Å²) in [5.74, 6) is -2.58. The van der Waals surface area contributed by atoms with Gasteiger partial charge in [0, 0.05) is 22.7 Å². The molecule has 0 unspecified atom stereocenters. The summed E-state index contributed by atoms with van der Waals surface area (Å²) in [6.07, 6.45) is 5.59. The minimum absolute atomic E-state index is 0.139. The molecule has 3 fully saturated rings. The van der Waals surface area contributed by atoms with Gasteiger partial charge in [-0.1, -0.05) is 56.9 Å². The van der Waals surface area contributed by atoms with Gasteiger partial charge in [0.1, 0.15) is 0 Å². The average molecular weight is 541 g/mol. The van der Waals surface area contributed by atoms with Crippen LogP contribution in [0.3, 0.4) is 0 Å². The number of aliphatic hydroxyl groups excluding tert-OH is 1. The third kappa shape index (κ3) is 3.96. The van der Waals surface area contributed by atoms with Crippen LogP contribution in [0.1, 0.15) is 72.6 Å². The molecule has 0 bridgehead atoms. The van der Waals surface area contributed by atoms with E-state index in [1.807, 2.05) is 6.92 Å². The summed E-state index contributed by atoms with van der Waals surface area (Å²) >= 11 is 5.76. The molecule has 0 heterocycles. The quantitative estimate of drug-likeness (QED) is 0.261. The van der Waals surface area contributed by atoms with Crippen LogP contribution >= 0.6 is 11.6 Å². The van der Waals surface area contributed by atoms with Gasteiger partial charge in [0.25, 0.3) is 0 Å². The number of hydrogen-bond donors (Lipinski definition) is 1. The number of alkyl halides is 2. The second-order valence-corrected chi connectivity index (χ2v) is 11.8. The van der Waals surface area contributed by atoms with Crippen LogP contribution in [0.4, 0.5) is 9.18 Å². The first kappa shape index (κ1) is 28.1. The Labute approximate surface area is 222 Å². The summed E-state index contributed by atoms with van der Waals surface area (Å²) in [5, 5.41) is 11.5. The van der Waals surface area contributed by atoms with Crippen LogP contribution in [0.5, 0.6) is 0 Å². The van der Waals surface area contributed by atoms with Crippen molar-refractivity contribution in [3.63, 3.8) is 0 Å². The molecule has 4 rings (SSSR count). The Bertz CT molecular complexity index is 1010. The number of halogens is 2. The fourth-order valence-electron chi connectivity index (χ4n) is 8.05. The zero-order valence-corrected chi connectivity index (χ0v) is 22.8. The van der Waals surface area contributed by atoms with Crippen LogP contribution in [0.15, 0.2) is 23.8 Å². The fraction of sp³-hybridized carbons (Fsp3) is 0.750. The highest BCUT2D eigenvalue weighted by Gasteiger charge is 2.78. The molecule has 0 aromatic heterocycles. The lowest BCUT2D eigenvalue weighted by molar-refractivity contribution is -0.229. The maximum atomic E-state index is 17.4. The van der Waals surface area contributed by atoms with Gasteiger partial charge in [0.2, 0.25) is 5.60 Å². The Morgan fingerprint density at radius 3 is 2.62 bits per heavy atom. The summed E-state index contributed by atoms with van der Waals surface area (Å²) < 4.78 is 33.8. The molecule has 4 aliphatic carbocycles. The van der Waals surface area contributed by atoms with Gasteiger partial charge in [-0.15, -0.1) is 0 Å². The number of unbranched alkanes of at least 4 members (excludes halogenated alkanes) is 2. The van der Waals surface area contributed by atoms with Crippen LogP contribution < -0.4 is 0 Å². The van der Waals surface area contributed by atoms with Crippen LogP contribution in [-0.2, 0) is 23.8 Å². The van der Waals surface area contributed by atoms with E-state index < -0.39 is 64.1 Å². The lowest BCUT2D eigenvalue weighted by Crippen LogP contribution is -2.70. The van der Waals surface area contributed by atoms with Gasteiger partial charge in [0.05, 0.1) is 12.7 Å². The largest absolute Gasteiger partial charge is 0.509 e. The van der Waals surface area contributed by atoms with E-state index in [1.165, 1.54) is 12.2 Å². The third-order valence-electron chi connectivity index (χ3n) is 9.88. The van der Waals surface area contributed by atoms with Crippen molar-refractivity contribution in [2.45, 2.75) is 90.0 Å². The molecule has 0 aromatic carbocycles. The minimum atomic E-state index is -2.06. The van der Waals surface area contributed by atoms with Crippen molar-refractivity contribution >= 4 is 29.5 Å². The third-order valence-corrected chi connectivity index (χ3v) is 9.99. The zero-order valence-electron chi connectivity index (χ0n) is 22.1. The van der Waals surface area contributed by atoms with E-state index in [0.29, 0.717) is 31.3 Å². The maximum absolute atomic E-state index is 17.4. The lowest BCUT2D eigenvalue weighted by atomic mass is 9.44. The Hall–Kier alpha value is -1.93. The van der Waals surface area contributed by atoms with E-state index in [4.69, 9.17) is 25.8 Å². The summed E-state index contributed by atoms with van der Waals surface area (Å²) in [6.45, 7) is 7.47. The van der Waals surface area contributed by atoms with E-state index in [1.54, 1.807) is 26.8 Å². The van der Waals surface area contributed by atoms with Gasteiger partial charge in [-0.25, -0.2) is 14.0 Å². The average Bonchev–Trinajstić information content (AvgIpc) is 3.05. The number of rotatable bonds is 7. The van der Waals surface area contributed by atoms with E-state index in [0.717, 1.165) is 12.8 Å². The minimum Gasteiger partial charge on any atom is -0.446 e. The van der Waals surface area contributed by atoms with Gasteiger partial charge < -0.3 is 19.3 Å². The Kier molecular flexibility index (Phi) is 7.58. The number of fused-ring (bicyclic) bond motifs is 5. The van der Waals surface area contributed by atoms with E-state index in [9.17, 15) is 19.5 Å². The molecule has 206 valence electrons. The van der Waals surface area contributed by atoms with E-state index in [-0.39, 0.29) is 18.8 Å². The summed E-state index contributed by atoms with van der Waals surface area (Å²) in [4.78, 5) is 38.5. The molecule has 0 amide bonds. The molecule has 9 heteroatoms. The number of aliphatic hydroxyl groups is 1. The molecule has 37 heavy (non-hydrogen) atoms. The highest BCUT2D eigenvalue weighted by molar-refractivity contribution is 6.17. The van der Waals surface area contributed by atoms with Gasteiger partial charge in [-0.2, -0.15) is 0 Å². The number of ether oxygens (including phenoxy) is 3. The molecule has 0 aliphatic heterocycles. The van der Waals surface area contributed by atoms with Crippen molar-refractivity contribution in [1.29, 1.82) is 0 Å². The monoisotopic (exact) mass is 540 g/mol. The molecule has 0 saturated heterocycles. The smallest absolute Gasteiger partial charge is 0.446 e. The predicted molar refractivity (Wildman–Crippen MR) is 134 cm³/mol. The molecule has 3 saturated carbocycles. The molecule has 4 aliphatic rings. The molecule has 0 aromatic rings. The second-order valence-electron chi connectivity index (χ2n) is 11.6. The van der Waals surface area contributed by atoms with Gasteiger partial charge in [-0.3, -0.25) is 4.79 Å². The standard InChI is InChI=1S/C28H38ClFO7/c1-5-6-7-12-35-24(34)37-28(23(33)36-16-29)17(2)13-21-20-9-8-18-14-19(31)10-11-25(18,3)27(20,30)22(32)15-26(21,28)4/h10-11,14,17,20-22,32H,5-9,12-13,15-16H2,1-4H3/t17-,20+,21+,22+,25+,26+,27+,28+/m1/s1. The van der Waals surface area contributed by atoms with Crippen molar-refractivity contribution in [3.8, 4) is 0 Å². The number of hydrogen-bond acceptors (Lipinski definition) is 7. The first-order valence-corrected chi connectivity index (χ1v) is 13.9. The molecular weight excluding hydrogens is 503 g/mol. The summed E-state index contributed by atoms with van der Waals surface area (Å²) in [6, 6.07) is -0.437.